The summed E-state index contributed by atoms with van der Waals surface area (Å²) < 4.78 is 0. The first-order valence-electron chi connectivity index (χ1n) is 3.90. The molecule has 0 saturated carbocycles. The fourth-order valence-electron chi connectivity index (χ4n) is 1.12. The van der Waals surface area contributed by atoms with E-state index in [2.05, 4.69) is 12.1 Å². The van der Waals surface area contributed by atoms with Crippen LogP contribution in [0.5, 0.6) is 0 Å². The second-order valence-electron chi connectivity index (χ2n) is 2.55. The minimum atomic E-state index is 0. The molecule has 0 aliphatic heterocycles. The smallest absolute Gasteiger partial charge is 0.226 e. The predicted molar refractivity (Wildman–Crippen MR) is 49.6 cm³/mol. The van der Waals surface area contributed by atoms with Crippen molar-refractivity contribution in [3.63, 3.8) is 0 Å². The van der Waals surface area contributed by atoms with Gasteiger partial charge in [0, 0.05) is 0 Å². The quantitative estimate of drug-likeness (QED) is 0.337. The second kappa shape index (κ2) is 7.70. The van der Waals surface area contributed by atoms with Crippen molar-refractivity contribution in [2.45, 2.75) is 0 Å². The van der Waals surface area contributed by atoms with E-state index in [0.29, 0.717) is 0 Å². The Morgan fingerprint density at radius 1 is 0.643 bits per heavy atom. The van der Waals surface area contributed by atoms with E-state index in [9.17, 15) is 0 Å². The molecule has 2 aromatic carbocycles. The molecule has 0 radical (unpaired) electrons. The third-order valence-electron chi connectivity index (χ3n) is 1.71. The van der Waals surface area contributed by atoms with Crippen LogP contribution in [0.1, 0.15) is 0 Å². The van der Waals surface area contributed by atoms with Crippen molar-refractivity contribution in [1.82, 2.24) is 0 Å². The average molecular weight is 198 g/mol. The number of hydrogen-bond donors (Lipinski definition) is 0. The first-order valence-corrected chi connectivity index (χ1v) is 3.90. The van der Waals surface area contributed by atoms with E-state index in [4.69, 9.17) is 0 Å². The van der Waals surface area contributed by atoms with Crippen LogP contribution in [0.25, 0.3) is 11.1 Å². The molecule has 2 aromatic rings. The number of hydrogen-bond acceptors (Lipinski definition) is 0. The molecule has 0 bridgehead atoms. The molecule has 58 valence electrons. The maximum absolute atomic E-state index is 3.15. The van der Waals surface area contributed by atoms with Gasteiger partial charge >= 0.3 is 59.1 Å². The van der Waals surface area contributed by atoms with Gasteiger partial charge in [-0.2, -0.15) is 48.5 Å². The van der Waals surface area contributed by atoms with Gasteiger partial charge < -0.3 is 0 Å². The van der Waals surface area contributed by atoms with Crippen LogP contribution in [-0.4, -0.2) is 0 Å². The minimum absolute atomic E-state index is 0. The molecule has 0 aromatic heterocycles. The minimum Gasteiger partial charge on any atom is -0.226 e. The summed E-state index contributed by atoms with van der Waals surface area (Å²) in [6, 6.07) is 22.1. The van der Waals surface area contributed by atoms with Crippen LogP contribution < -0.4 is 59.1 Å². The molecule has 0 N–H and O–H groups in total. The fraction of sp³-hybridized carbons (Fsp3) is 0. The van der Waals surface area contributed by atoms with E-state index in [1.165, 1.54) is 0 Å². The fourth-order valence-corrected chi connectivity index (χ4v) is 1.12. The molecule has 0 unspecified atom stereocenters. The molecular formula is C12H8Na2. The van der Waals surface area contributed by atoms with Gasteiger partial charge in [0.15, 0.2) is 0 Å². The molecule has 0 saturated heterocycles. The van der Waals surface area contributed by atoms with Crippen LogP contribution in [0, 0.1) is 12.1 Å². The van der Waals surface area contributed by atoms with Crippen LogP contribution >= 0.6 is 0 Å². The molecule has 0 aliphatic carbocycles. The van der Waals surface area contributed by atoms with E-state index in [-0.39, 0.29) is 59.1 Å². The Morgan fingerprint density at radius 3 is 1.36 bits per heavy atom. The van der Waals surface area contributed by atoms with Gasteiger partial charge in [-0.15, -0.1) is 12.1 Å². The molecule has 2 heteroatoms. The number of rotatable bonds is 1. The zero-order valence-electron chi connectivity index (χ0n) is 8.62. The Labute approximate surface area is 129 Å². The first-order chi connectivity index (χ1) is 5.97. The molecule has 0 fully saturated rings. The van der Waals surface area contributed by atoms with Crippen molar-refractivity contribution in [2.75, 3.05) is 0 Å². The Balaban J connectivity index is 0.000000845. The molecular weight excluding hydrogens is 190 g/mol. The zero-order chi connectivity index (χ0) is 8.23. The van der Waals surface area contributed by atoms with Crippen LogP contribution in [0.2, 0.25) is 0 Å². The molecule has 0 nitrogen and oxygen atoms in total. The first kappa shape index (κ1) is 14.4. The largest absolute Gasteiger partial charge is 1.00 e. The Hall–Kier alpha value is 0.440. The Bertz CT molecular complexity index is 306. The Morgan fingerprint density at radius 2 is 1.07 bits per heavy atom. The van der Waals surface area contributed by atoms with Crippen LogP contribution in [-0.2, 0) is 0 Å². The van der Waals surface area contributed by atoms with E-state index in [1.54, 1.807) is 0 Å². The summed E-state index contributed by atoms with van der Waals surface area (Å²) >= 11 is 0. The predicted octanol–water partition coefficient (Wildman–Crippen LogP) is -3.04. The van der Waals surface area contributed by atoms with Crippen molar-refractivity contribution in [3.8, 4) is 11.1 Å². The maximum Gasteiger partial charge on any atom is 1.00 e. The van der Waals surface area contributed by atoms with Crippen molar-refractivity contribution in [3.05, 3.63) is 60.7 Å². The third kappa shape index (κ3) is 3.90. The van der Waals surface area contributed by atoms with E-state index >= 15 is 0 Å². The van der Waals surface area contributed by atoms with Crippen LogP contribution in [0.4, 0.5) is 0 Å². The standard InChI is InChI=1S/C12H8.2Na/c1-3-7-11(8-4-1)12-9-5-2-6-10-12;;/h1-7,9H;;/q-2;2*+1. The van der Waals surface area contributed by atoms with Crippen LogP contribution in [0.3, 0.4) is 0 Å². The summed E-state index contributed by atoms with van der Waals surface area (Å²) in [4.78, 5) is 0. The summed E-state index contributed by atoms with van der Waals surface area (Å²) in [5, 5.41) is 0. The molecule has 0 heterocycles. The van der Waals surface area contributed by atoms with Crippen LogP contribution in [0.15, 0.2) is 48.5 Å². The topological polar surface area (TPSA) is 0 Å². The van der Waals surface area contributed by atoms with Gasteiger partial charge in [-0.3, -0.25) is 0 Å². The summed E-state index contributed by atoms with van der Waals surface area (Å²) in [5.74, 6) is 0. The summed E-state index contributed by atoms with van der Waals surface area (Å²) in [5.41, 5.74) is 2.19. The van der Waals surface area contributed by atoms with Gasteiger partial charge in [0.1, 0.15) is 0 Å². The van der Waals surface area contributed by atoms with Gasteiger partial charge in [-0.1, -0.05) is 0 Å². The molecule has 0 spiro atoms. The van der Waals surface area contributed by atoms with E-state index in [0.717, 1.165) is 11.1 Å². The van der Waals surface area contributed by atoms with E-state index < -0.39 is 0 Å². The van der Waals surface area contributed by atoms with Gasteiger partial charge in [0.05, 0.1) is 0 Å². The third-order valence-corrected chi connectivity index (χ3v) is 1.71. The van der Waals surface area contributed by atoms with Crippen molar-refractivity contribution < 1.29 is 59.1 Å². The van der Waals surface area contributed by atoms with E-state index in [1.807, 2.05) is 48.5 Å². The molecule has 0 atom stereocenters. The molecule has 0 amide bonds. The second-order valence-corrected chi connectivity index (χ2v) is 2.55. The Kier molecular flexibility index (Phi) is 7.94. The van der Waals surface area contributed by atoms with Crippen molar-refractivity contribution in [1.29, 1.82) is 0 Å². The molecule has 2 rings (SSSR count). The molecule has 0 aliphatic rings. The summed E-state index contributed by atoms with van der Waals surface area (Å²) in [6.45, 7) is 0. The van der Waals surface area contributed by atoms with Gasteiger partial charge in [0.2, 0.25) is 0 Å². The normalized spacial score (nSPS) is 8.29. The van der Waals surface area contributed by atoms with Crippen molar-refractivity contribution in [2.24, 2.45) is 0 Å². The summed E-state index contributed by atoms with van der Waals surface area (Å²) in [6.07, 6.45) is 0. The SMILES string of the molecule is [Na+].[Na+].[c-]1ccccc1-c1[c-]cccc1. The monoisotopic (exact) mass is 198 g/mol. The molecule has 14 heavy (non-hydrogen) atoms. The van der Waals surface area contributed by atoms with Gasteiger partial charge in [-0.25, -0.2) is 11.1 Å². The average Bonchev–Trinajstić information content (AvgIpc) is 2.21. The maximum atomic E-state index is 3.15. The zero-order valence-corrected chi connectivity index (χ0v) is 12.6. The summed E-state index contributed by atoms with van der Waals surface area (Å²) in [7, 11) is 0. The number of benzene rings is 2. The van der Waals surface area contributed by atoms with Crippen molar-refractivity contribution >= 4 is 0 Å². The van der Waals surface area contributed by atoms with Gasteiger partial charge in [0.25, 0.3) is 0 Å². The van der Waals surface area contributed by atoms with Gasteiger partial charge in [-0.05, 0) is 0 Å².